The van der Waals surface area contributed by atoms with Gasteiger partial charge in [0.2, 0.25) is 0 Å². The molecule has 0 aliphatic carbocycles. The highest BCUT2D eigenvalue weighted by Crippen LogP contribution is 2.26. The van der Waals surface area contributed by atoms with E-state index in [9.17, 15) is 0 Å². The molecule has 3 nitrogen and oxygen atoms in total. The minimum atomic E-state index is 0.627. The molecule has 0 aliphatic heterocycles. The first kappa shape index (κ1) is 16.0. The van der Waals surface area contributed by atoms with E-state index in [0.717, 1.165) is 25.1 Å². The molecular formula is C17H24N2OS. The maximum Gasteiger partial charge on any atom is 0.122 e. The van der Waals surface area contributed by atoms with Crippen LogP contribution in [0.1, 0.15) is 35.0 Å². The van der Waals surface area contributed by atoms with E-state index in [4.69, 9.17) is 9.72 Å². The van der Waals surface area contributed by atoms with Gasteiger partial charge in [-0.3, -0.25) is 0 Å². The van der Waals surface area contributed by atoms with E-state index in [0.29, 0.717) is 5.92 Å². The minimum absolute atomic E-state index is 0.627. The Bertz CT molecular complexity index is 578. The first-order valence-corrected chi connectivity index (χ1v) is 8.19. The van der Waals surface area contributed by atoms with E-state index in [1.54, 1.807) is 7.11 Å². The van der Waals surface area contributed by atoms with Gasteiger partial charge in [0.15, 0.2) is 0 Å². The Kier molecular flexibility index (Phi) is 5.76. The number of benzene rings is 1. The quantitative estimate of drug-likeness (QED) is 0.847. The zero-order valence-corrected chi connectivity index (χ0v) is 14.1. The van der Waals surface area contributed by atoms with Crippen LogP contribution in [0.3, 0.4) is 0 Å². The molecule has 1 N–H and O–H groups in total. The summed E-state index contributed by atoms with van der Waals surface area (Å²) < 4.78 is 5.43. The predicted octanol–water partition coefficient (Wildman–Crippen LogP) is 3.66. The topological polar surface area (TPSA) is 34.1 Å². The number of methoxy groups -OCH3 is 1. The lowest BCUT2D eigenvalue weighted by molar-refractivity contribution is 0.410. The Morgan fingerprint density at radius 3 is 2.71 bits per heavy atom. The summed E-state index contributed by atoms with van der Waals surface area (Å²) in [5, 5.41) is 4.41. The van der Waals surface area contributed by atoms with Crippen molar-refractivity contribution in [2.75, 3.05) is 14.2 Å². The Morgan fingerprint density at radius 2 is 2.05 bits per heavy atom. The number of hydrogen-bond donors (Lipinski definition) is 1. The third kappa shape index (κ3) is 4.29. The summed E-state index contributed by atoms with van der Waals surface area (Å²) in [4.78, 5) is 6.22. The molecule has 0 fully saturated rings. The molecular weight excluding hydrogens is 280 g/mol. The lowest BCUT2D eigenvalue weighted by Crippen LogP contribution is -2.07. The standard InChI is InChI=1S/C17H24N2OS/c1-12(2)9-14-16(11-18-3)21-17(19-14)10-13-7-5-6-8-15(13)20-4/h5-8,12,18H,9-11H2,1-4H3. The van der Waals surface area contributed by atoms with E-state index < -0.39 is 0 Å². The van der Waals surface area contributed by atoms with Crippen molar-refractivity contribution in [3.05, 3.63) is 45.4 Å². The van der Waals surface area contributed by atoms with Crippen LogP contribution >= 0.6 is 11.3 Å². The van der Waals surface area contributed by atoms with Crippen molar-refractivity contribution in [1.82, 2.24) is 10.3 Å². The van der Waals surface area contributed by atoms with Crippen LogP contribution in [-0.4, -0.2) is 19.1 Å². The summed E-state index contributed by atoms with van der Waals surface area (Å²) in [5.41, 5.74) is 2.44. The van der Waals surface area contributed by atoms with Crippen LogP contribution in [0.2, 0.25) is 0 Å². The van der Waals surface area contributed by atoms with E-state index >= 15 is 0 Å². The minimum Gasteiger partial charge on any atom is -0.496 e. The van der Waals surface area contributed by atoms with Gasteiger partial charge in [0, 0.05) is 23.4 Å². The van der Waals surface area contributed by atoms with Gasteiger partial charge in [0.05, 0.1) is 17.8 Å². The van der Waals surface area contributed by atoms with Crippen LogP contribution in [0.4, 0.5) is 0 Å². The zero-order chi connectivity index (χ0) is 15.2. The number of aromatic nitrogens is 1. The van der Waals surface area contributed by atoms with Gasteiger partial charge in [0.25, 0.3) is 0 Å². The lowest BCUT2D eigenvalue weighted by Gasteiger charge is -2.06. The number of nitrogens with zero attached hydrogens (tertiary/aromatic N) is 1. The van der Waals surface area contributed by atoms with Crippen molar-refractivity contribution in [1.29, 1.82) is 0 Å². The Morgan fingerprint density at radius 1 is 1.29 bits per heavy atom. The number of ether oxygens (including phenoxy) is 1. The third-order valence-corrected chi connectivity index (χ3v) is 4.39. The molecule has 1 heterocycles. The molecule has 1 aromatic heterocycles. The monoisotopic (exact) mass is 304 g/mol. The van der Waals surface area contributed by atoms with Crippen LogP contribution in [0.15, 0.2) is 24.3 Å². The zero-order valence-electron chi connectivity index (χ0n) is 13.3. The van der Waals surface area contributed by atoms with Crippen molar-refractivity contribution in [3.63, 3.8) is 0 Å². The first-order valence-electron chi connectivity index (χ1n) is 7.38. The fraction of sp³-hybridized carbons (Fsp3) is 0.471. The Labute approximate surface area is 131 Å². The summed E-state index contributed by atoms with van der Waals surface area (Å²) >= 11 is 1.81. The van der Waals surface area contributed by atoms with Gasteiger partial charge in [-0.25, -0.2) is 4.98 Å². The maximum atomic E-state index is 5.43. The van der Waals surface area contributed by atoms with Crippen LogP contribution in [0.5, 0.6) is 5.75 Å². The highest BCUT2D eigenvalue weighted by atomic mass is 32.1. The number of nitrogens with one attached hydrogen (secondary N) is 1. The van der Waals surface area contributed by atoms with Crippen LogP contribution in [0.25, 0.3) is 0 Å². The molecule has 0 aliphatic rings. The molecule has 0 radical (unpaired) electrons. The molecule has 0 amide bonds. The molecule has 2 rings (SSSR count). The van der Waals surface area contributed by atoms with E-state index in [2.05, 4.69) is 31.3 Å². The van der Waals surface area contributed by atoms with Gasteiger partial charge in [0.1, 0.15) is 5.75 Å². The second-order valence-corrected chi connectivity index (χ2v) is 6.76. The predicted molar refractivity (Wildman–Crippen MR) is 89.2 cm³/mol. The lowest BCUT2D eigenvalue weighted by atomic mass is 10.1. The molecule has 0 unspecified atom stereocenters. The molecule has 2 aromatic rings. The summed E-state index contributed by atoms with van der Waals surface area (Å²) in [6, 6.07) is 8.17. The highest BCUT2D eigenvalue weighted by Gasteiger charge is 2.13. The van der Waals surface area contributed by atoms with Crippen molar-refractivity contribution >= 4 is 11.3 Å². The number of rotatable bonds is 7. The van der Waals surface area contributed by atoms with Crippen molar-refractivity contribution in [2.24, 2.45) is 5.92 Å². The van der Waals surface area contributed by atoms with Crippen molar-refractivity contribution in [2.45, 2.75) is 33.2 Å². The second kappa shape index (κ2) is 7.57. The van der Waals surface area contributed by atoms with Crippen molar-refractivity contribution in [3.8, 4) is 5.75 Å². The van der Waals surface area contributed by atoms with Crippen LogP contribution in [-0.2, 0) is 19.4 Å². The summed E-state index contributed by atoms with van der Waals surface area (Å²) in [5.74, 6) is 1.56. The van der Waals surface area contributed by atoms with Crippen LogP contribution < -0.4 is 10.1 Å². The smallest absolute Gasteiger partial charge is 0.122 e. The molecule has 0 saturated carbocycles. The molecule has 4 heteroatoms. The molecule has 0 saturated heterocycles. The van der Waals surface area contributed by atoms with Gasteiger partial charge >= 0.3 is 0 Å². The summed E-state index contributed by atoms with van der Waals surface area (Å²) in [6.07, 6.45) is 1.88. The van der Waals surface area contributed by atoms with E-state index in [1.165, 1.54) is 21.1 Å². The summed E-state index contributed by atoms with van der Waals surface area (Å²) in [6.45, 7) is 5.37. The summed E-state index contributed by atoms with van der Waals surface area (Å²) in [7, 11) is 3.70. The molecule has 21 heavy (non-hydrogen) atoms. The van der Waals surface area contributed by atoms with E-state index in [1.807, 2.05) is 30.5 Å². The normalized spacial score (nSPS) is 11.1. The van der Waals surface area contributed by atoms with Gasteiger partial charge in [-0.15, -0.1) is 11.3 Å². The number of hydrogen-bond acceptors (Lipinski definition) is 4. The molecule has 0 atom stereocenters. The molecule has 114 valence electrons. The fourth-order valence-corrected chi connectivity index (χ4v) is 3.50. The number of para-hydroxylation sites is 1. The van der Waals surface area contributed by atoms with Gasteiger partial charge in [-0.05, 0) is 25.5 Å². The highest BCUT2D eigenvalue weighted by molar-refractivity contribution is 7.11. The average Bonchev–Trinajstić information content (AvgIpc) is 2.81. The SMILES string of the molecule is CNCc1sc(Cc2ccccc2OC)nc1CC(C)C. The van der Waals surface area contributed by atoms with E-state index in [-0.39, 0.29) is 0 Å². The van der Waals surface area contributed by atoms with Gasteiger partial charge in [-0.1, -0.05) is 32.0 Å². The van der Waals surface area contributed by atoms with Crippen molar-refractivity contribution < 1.29 is 4.74 Å². The number of thiazole rings is 1. The fourth-order valence-electron chi connectivity index (χ4n) is 2.37. The molecule has 1 aromatic carbocycles. The molecule has 0 bridgehead atoms. The first-order chi connectivity index (χ1) is 10.1. The average molecular weight is 304 g/mol. The van der Waals surface area contributed by atoms with Gasteiger partial charge in [-0.2, -0.15) is 0 Å². The Balaban J connectivity index is 2.23. The second-order valence-electron chi connectivity index (χ2n) is 5.59. The molecule has 0 spiro atoms. The van der Waals surface area contributed by atoms with Crippen LogP contribution in [0, 0.1) is 5.92 Å². The maximum absolute atomic E-state index is 5.43. The van der Waals surface area contributed by atoms with Gasteiger partial charge < -0.3 is 10.1 Å². The third-order valence-electron chi connectivity index (χ3n) is 3.30. The largest absolute Gasteiger partial charge is 0.496 e. The Hall–Kier alpha value is -1.39.